The molecule has 0 bridgehead atoms. The molecule has 0 saturated carbocycles. The molecule has 1 aliphatic heterocycles. The van der Waals surface area contributed by atoms with E-state index in [0.717, 1.165) is 62.0 Å². The molecular formula is C30H38ClN3O5. The van der Waals surface area contributed by atoms with Crippen molar-refractivity contribution in [3.05, 3.63) is 58.6 Å². The molecule has 1 aliphatic rings. The SMILES string of the molecule is COCCCCC1(OC(=O)O)CCN(Cc2ccc(-c3noc(-c4ccc(CC(C)C)c(Cl)c4)n3)cc2)CC1. The second kappa shape index (κ2) is 13.4. The number of nitrogens with zero attached hydrogens (tertiary/aromatic N) is 3. The van der Waals surface area contributed by atoms with Crippen molar-refractivity contribution in [1.82, 2.24) is 15.0 Å². The molecule has 0 spiro atoms. The van der Waals surface area contributed by atoms with E-state index in [-0.39, 0.29) is 0 Å². The van der Waals surface area contributed by atoms with Crippen molar-refractivity contribution in [3.8, 4) is 22.8 Å². The van der Waals surface area contributed by atoms with Gasteiger partial charge in [-0.2, -0.15) is 4.98 Å². The van der Waals surface area contributed by atoms with Crippen LogP contribution in [0.4, 0.5) is 4.79 Å². The molecule has 0 atom stereocenters. The molecule has 1 aromatic heterocycles. The van der Waals surface area contributed by atoms with Gasteiger partial charge >= 0.3 is 6.16 Å². The predicted octanol–water partition coefficient (Wildman–Crippen LogP) is 7.10. The minimum Gasteiger partial charge on any atom is -0.450 e. The number of piperidine rings is 1. The molecule has 8 nitrogen and oxygen atoms in total. The Morgan fingerprint density at radius 2 is 1.85 bits per heavy atom. The number of aromatic nitrogens is 2. The van der Waals surface area contributed by atoms with Crippen LogP contribution in [-0.4, -0.2) is 58.7 Å². The van der Waals surface area contributed by atoms with Crippen molar-refractivity contribution in [3.63, 3.8) is 0 Å². The average molecular weight is 556 g/mol. The van der Waals surface area contributed by atoms with E-state index in [1.165, 1.54) is 5.56 Å². The van der Waals surface area contributed by atoms with Crippen molar-refractivity contribution < 1.29 is 23.9 Å². The zero-order chi connectivity index (χ0) is 27.8. The van der Waals surface area contributed by atoms with E-state index in [0.29, 0.717) is 42.1 Å². The fraction of sp³-hybridized carbons (Fsp3) is 0.500. The number of hydrogen-bond acceptors (Lipinski definition) is 7. The molecular weight excluding hydrogens is 518 g/mol. The van der Waals surface area contributed by atoms with Gasteiger partial charge in [0.1, 0.15) is 5.60 Å². The first-order chi connectivity index (χ1) is 18.8. The number of rotatable bonds is 12. The van der Waals surface area contributed by atoms with E-state index >= 15 is 0 Å². The Kier molecular flexibility index (Phi) is 9.99. The Labute approximate surface area is 235 Å². The van der Waals surface area contributed by atoms with Gasteiger partial charge < -0.3 is 19.1 Å². The first-order valence-corrected chi connectivity index (χ1v) is 14.0. The molecule has 0 unspecified atom stereocenters. The summed E-state index contributed by atoms with van der Waals surface area (Å²) in [6.45, 7) is 7.36. The summed E-state index contributed by atoms with van der Waals surface area (Å²) in [5, 5.41) is 14.2. The van der Waals surface area contributed by atoms with Gasteiger partial charge in [0.05, 0.1) is 0 Å². The van der Waals surface area contributed by atoms with E-state index in [4.69, 9.17) is 25.6 Å². The standard InChI is InChI=1S/C30H38ClN3O5/c1-21(2)18-24-10-11-25(19-26(24)31)28-32-27(33-39-28)23-8-6-22(7-9-23)20-34-15-13-30(14-16-34,38-29(35)36)12-4-5-17-37-3/h6-11,19,21H,4-5,12-18,20H2,1-3H3,(H,35,36). The third-order valence-corrected chi connectivity index (χ3v) is 7.63. The van der Waals surface area contributed by atoms with Crippen LogP contribution in [0.25, 0.3) is 22.8 Å². The quantitative estimate of drug-likeness (QED) is 0.187. The van der Waals surface area contributed by atoms with Gasteiger partial charge in [-0.3, -0.25) is 4.90 Å². The predicted molar refractivity (Wildman–Crippen MR) is 151 cm³/mol. The maximum Gasteiger partial charge on any atom is 0.506 e. The number of unbranched alkanes of at least 4 members (excludes halogenated alkanes) is 1. The van der Waals surface area contributed by atoms with E-state index in [1.807, 2.05) is 30.3 Å². The lowest BCUT2D eigenvalue weighted by molar-refractivity contribution is -0.0638. The topological polar surface area (TPSA) is 97.9 Å². The van der Waals surface area contributed by atoms with E-state index in [9.17, 15) is 9.90 Å². The zero-order valence-electron chi connectivity index (χ0n) is 23.0. The van der Waals surface area contributed by atoms with E-state index in [2.05, 4.69) is 41.0 Å². The Morgan fingerprint density at radius 3 is 2.49 bits per heavy atom. The maximum atomic E-state index is 11.3. The van der Waals surface area contributed by atoms with Crippen LogP contribution in [0.1, 0.15) is 57.1 Å². The fourth-order valence-corrected chi connectivity index (χ4v) is 5.42. The summed E-state index contributed by atoms with van der Waals surface area (Å²) in [5.41, 5.74) is 3.35. The molecule has 0 radical (unpaired) electrons. The summed E-state index contributed by atoms with van der Waals surface area (Å²) in [4.78, 5) is 18.3. The third kappa shape index (κ3) is 8.03. The molecule has 0 amide bonds. The van der Waals surface area contributed by atoms with Crippen molar-refractivity contribution in [2.24, 2.45) is 5.92 Å². The Balaban J connectivity index is 1.34. The third-order valence-electron chi connectivity index (χ3n) is 7.27. The number of halogens is 1. The van der Waals surface area contributed by atoms with E-state index < -0.39 is 11.8 Å². The molecule has 210 valence electrons. The van der Waals surface area contributed by atoms with Gasteiger partial charge in [0.15, 0.2) is 0 Å². The van der Waals surface area contributed by atoms with Crippen LogP contribution in [0.15, 0.2) is 47.0 Å². The number of hydrogen-bond donors (Lipinski definition) is 1. The minimum absolute atomic E-state index is 0.440. The number of benzene rings is 2. The largest absolute Gasteiger partial charge is 0.506 e. The highest BCUT2D eigenvalue weighted by molar-refractivity contribution is 6.31. The minimum atomic E-state index is -1.19. The first kappa shape index (κ1) is 29.1. The van der Waals surface area contributed by atoms with Crippen LogP contribution in [-0.2, 0) is 22.4 Å². The van der Waals surface area contributed by atoms with Gasteiger partial charge in [0.25, 0.3) is 5.89 Å². The first-order valence-electron chi connectivity index (χ1n) is 13.6. The van der Waals surface area contributed by atoms with Gasteiger partial charge in [-0.05, 0) is 54.9 Å². The molecule has 1 saturated heterocycles. The smallest absolute Gasteiger partial charge is 0.450 e. The molecule has 3 aromatic rings. The zero-order valence-corrected chi connectivity index (χ0v) is 23.7. The second-order valence-corrected chi connectivity index (χ2v) is 11.2. The monoisotopic (exact) mass is 555 g/mol. The molecule has 1 fully saturated rings. The molecule has 9 heteroatoms. The van der Waals surface area contributed by atoms with Crippen LogP contribution in [0.2, 0.25) is 5.02 Å². The number of ether oxygens (including phenoxy) is 2. The number of methoxy groups -OCH3 is 1. The molecule has 2 heterocycles. The van der Waals surface area contributed by atoms with Gasteiger partial charge in [0.2, 0.25) is 5.82 Å². The van der Waals surface area contributed by atoms with Crippen LogP contribution < -0.4 is 0 Å². The highest BCUT2D eigenvalue weighted by Crippen LogP contribution is 2.33. The Hall–Kier alpha value is -2.94. The summed E-state index contributed by atoms with van der Waals surface area (Å²) in [7, 11) is 1.68. The average Bonchev–Trinajstić information content (AvgIpc) is 3.40. The molecule has 4 rings (SSSR count). The van der Waals surface area contributed by atoms with Crippen LogP contribution in [0.5, 0.6) is 0 Å². The van der Waals surface area contributed by atoms with Gasteiger partial charge in [-0.25, -0.2) is 4.79 Å². The van der Waals surface area contributed by atoms with Crippen LogP contribution >= 0.6 is 11.6 Å². The summed E-state index contributed by atoms with van der Waals surface area (Å²) >= 11 is 6.48. The molecule has 2 aromatic carbocycles. The summed E-state index contributed by atoms with van der Waals surface area (Å²) in [5.74, 6) is 1.49. The lowest BCUT2D eigenvalue weighted by Gasteiger charge is -2.40. The lowest BCUT2D eigenvalue weighted by atomic mass is 9.86. The van der Waals surface area contributed by atoms with E-state index in [1.54, 1.807) is 7.11 Å². The van der Waals surface area contributed by atoms with Crippen molar-refractivity contribution in [2.45, 2.75) is 64.5 Å². The number of carboxylic acid groups (broad SMARTS) is 1. The number of carbonyl (C=O) groups is 1. The number of likely N-dealkylation sites (tertiary alicyclic amines) is 1. The second-order valence-electron chi connectivity index (χ2n) is 10.8. The van der Waals surface area contributed by atoms with Crippen LogP contribution in [0, 0.1) is 5.92 Å². The highest BCUT2D eigenvalue weighted by Gasteiger charge is 2.37. The van der Waals surface area contributed by atoms with Crippen molar-refractivity contribution in [2.75, 3.05) is 26.8 Å². The van der Waals surface area contributed by atoms with Crippen molar-refractivity contribution in [1.29, 1.82) is 0 Å². The lowest BCUT2D eigenvalue weighted by Crippen LogP contribution is -2.46. The summed E-state index contributed by atoms with van der Waals surface area (Å²) in [6, 6.07) is 14.0. The molecule has 1 N–H and O–H groups in total. The van der Waals surface area contributed by atoms with Gasteiger partial charge in [-0.1, -0.05) is 60.9 Å². The normalized spacial score (nSPS) is 15.5. The highest BCUT2D eigenvalue weighted by atomic mass is 35.5. The van der Waals surface area contributed by atoms with Gasteiger partial charge in [0, 0.05) is 62.3 Å². The summed E-state index contributed by atoms with van der Waals surface area (Å²) in [6.07, 6.45) is 3.63. The Bertz CT molecular complexity index is 1220. The summed E-state index contributed by atoms with van der Waals surface area (Å²) < 4.78 is 16.1. The Morgan fingerprint density at radius 1 is 1.13 bits per heavy atom. The van der Waals surface area contributed by atoms with Crippen LogP contribution in [0.3, 0.4) is 0 Å². The maximum absolute atomic E-state index is 11.3. The fourth-order valence-electron chi connectivity index (χ4n) is 5.16. The van der Waals surface area contributed by atoms with Gasteiger partial charge in [-0.15, -0.1) is 0 Å². The van der Waals surface area contributed by atoms with Crippen molar-refractivity contribution >= 4 is 17.8 Å². The molecule has 39 heavy (non-hydrogen) atoms. The molecule has 0 aliphatic carbocycles.